The molecule has 0 aromatic heterocycles. The molecule has 126 valence electrons. The largest absolute Gasteiger partial charge is 0.356 e. The number of hydrogen-bond donors (Lipinski definition) is 2. The average molecular weight is 439 g/mol. The number of nitrogens with one attached hydrogen (secondary N) is 2. The number of guanidine groups is 1. The third-order valence-electron chi connectivity index (χ3n) is 3.05. The summed E-state index contributed by atoms with van der Waals surface area (Å²) in [6.45, 7) is 7.06. The second-order valence-corrected chi connectivity index (χ2v) is 6.75. The third kappa shape index (κ3) is 8.80. The number of rotatable bonds is 6. The van der Waals surface area contributed by atoms with Crippen LogP contribution < -0.4 is 10.6 Å². The van der Waals surface area contributed by atoms with Crippen LogP contribution in [0.25, 0.3) is 0 Å². The topological polar surface area (TPSA) is 39.7 Å². The molecule has 1 aromatic carbocycles. The normalized spacial score (nSPS) is 12.0. The summed E-state index contributed by atoms with van der Waals surface area (Å²) < 4.78 is 0. The van der Waals surface area contributed by atoms with Crippen LogP contribution in [0.4, 0.5) is 0 Å². The Balaban J connectivity index is 0.00000441. The summed E-state index contributed by atoms with van der Waals surface area (Å²) in [4.78, 5) is 6.45. The Morgan fingerprint density at radius 3 is 2.50 bits per heavy atom. The van der Waals surface area contributed by atoms with E-state index < -0.39 is 0 Å². The summed E-state index contributed by atoms with van der Waals surface area (Å²) in [7, 11) is 5.97. The SMILES string of the molecule is CN=C(NCc1cccc(Cl)c1)NCC(C)(C)CN(C)C.I. The monoisotopic (exact) mass is 438 g/mol. The molecule has 0 amide bonds. The molecule has 4 nitrogen and oxygen atoms in total. The molecule has 22 heavy (non-hydrogen) atoms. The van der Waals surface area contributed by atoms with Crippen LogP contribution >= 0.6 is 35.6 Å². The van der Waals surface area contributed by atoms with Gasteiger partial charge in [0.05, 0.1) is 0 Å². The van der Waals surface area contributed by atoms with E-state index >= 15 is 0 Å². The van der Waals surface area contributed by atoms with Gasteiger partial charge in [-0.05, 0) is 37.2 Å². The van der Waals surface area contributed by atoms with Crippen LogP contribution in [0.3, 0.4) is 0 Å². The average Bonchev–Trinajstić information content (AvgIpc) is 2.37. The van der Waals surface area contributed by atoms with Crippen LogP contribution in [0.15, 0.2) is 29.3 Å². The van der Waals surface area contributed by atoms with Crippen molar-refractivity contribution >= 4 is 41.5 Å². The van der Waals surface area contributed by atoms with Gasteiger partial charge in [0.25, 0.3) is 0 Å². The van der Waals surface area contributed by atoms with Gasteiger partial charge in [0.2, 0.25) is 0 Å². The number of aliphatic imine (C=N–C) groups is 1. The van der Waals surface area contributed by atoms with Crippen molar-refractivity contribution in [2.75, 3.05) is 34.2 Å². The zero-order valence-corrected chi connectivity index (χ0v) is 17.2. The van der Waals surface area contributed by atoms with Crippen molar-refractivity contribution in [1.82, 2.24) is 15.5 Å². The summed E-state index contributed by atoms with van der Waals surface area (Å²) in [6, 6.07) is 7.83. The van der Waals surface area contributed by atoms with Gasteiger partial charge in [-0.1, -0.05) is 37.6 Å². The Hall–Kier alpha value is -0.530. The van der Waals surface area contributed by atoms with Crippen LogP contribution in [0.2, 0.25) is 5.02 Å². The van der Waals surface area contributed by atoms with Crippen molar-refractivity contribution < 1.29 is 0 Å². The molecule has 0 saturated heterocycles. The zero-order valence-electron chi connectivity index (χ0n) is 14.1. The fraction of sp³-hybridized carbons (Fsp3) is 0.562. The van der Waals surface area contributed by atoms with Gasteiger partial charge in [0.15, 0.2) is 5.96 Å². The van der Waals surface area contributed by atoms with Crippen LogP contribution in [0, 0.1) is 5.41 Å². The molecule has 1 rings (SSSR count). The van der Waals surface area contributed by atoms with Crippen molar-refractivity contribution in [3.63, 3.8) is 0 Å². The lowest BCUT2D eigenvalue weighted by molar-refractivity contribution is 0.241. The van der Waals surface area contributed by atoms with E-state index in [1.165, 1.54) is 0 Å². The fourth-order valence-electron chi connectivity index (χ4n) is 2.29. The molecule has 0 unspecified atom stereocenters. The quantitative estimate of drug-likeness (QED) is 0.407. The predicted molar refractivity (Wildman–Crippen MR) is 107 cm³/mol. The molecule has 1 aromatic rings. The molecule has 0 radical (unpaired) electrons. The molecule has 0 spiro atoms. The van der Waals surface area contributed by atoms with E-state index in [4.69, 9.17) is 11.6 Å². The van der Waals surface area contributed by atoms with Crippen LogP contribution in [-0.2, 0) is 6.54 Å². The molecule has 6 heteroatoms. The van der Waals surface area contributed by atoms with Gasteiger partial charge in [-0.15, -0.1) is 24.0 Å². The molecule has 2 N–H and O–H groups in total. The number of nitrogens with zero attached hydrogens (tertiary/aromatic N) is 2. The third-order valence-corrected chi connectivity index (χ3v) is 3.29. The highest BCUT2D eigenvalue weighted by atomic mass is 127. The second-order valence-electron chi connectivity index (χ2n) is 6.31. The predicted octanol–water partition coefficient (Wildman–Crippen LogP) is 3.21. The van der Waals surface area contributed by atoms with Gasteiger partial charge in [-0.3, -0.25) is 4.99 Å². The standard InChI is InChI=1S/C16H27ClN4.HI/c1-16(2,12-21(4)5)11-20-15(18-3)19-10-13-7-6-8-14(17)9-13;/h6-9H,10-12H2,1-5H3,(H2,18,19,20);1H. The lowest BCUT2D eigenvalue weighted by Gasteiger charge is -2.29. The first-order chi connectivity index (χ1) is 9.82. The maximum atomic E-state index is 5.99. The summed E-state index contributed by atoms with van der Waals surface area (Å²) >= 11 is 5.99. The van der Waals surface area contributed by atoms with Gasteiger partial charge in [-0.25, -0.2) is 0 Å². The van der Waals surface area contributed by atoms with Gasteiger partial charge < -0.3 is 15.5 Å². The minimum Gasteiger partial charge on any atom is -0.356 e. The van der Waals surface area contributed by atoms with E-state index in [1.54, 1.807) is 7.05 Å². The molecule has 0 atom stereocenters. The van der Waals surface area contributed by atoms with Crippen molar-refractivity contribution in [3.05, 3.63) is 34.9 Å². The van der Waals surface area contributed by atoms with Gasteiger partial charge in [0, 0.05) is 31.7 Å². The lowest BCUT2D eigenvalue weighted by Crippen LogP contribution is -2.44. The molecule has 0 heterocycles. The number of halogens is 2. The van der Waals surface area contributed by atoms with E-state index in [0.29, 0.717) is 6.54 Å². The molecule has 0 saturated carbocycles. The van der Waals surface area contributed by atoms with E-state index in [0.717, 1.165) is 29.6 Å². The highest BCUT2D eigenvalue weighted by molar-refractivity contribution is 14.0. The molecule has 0 aliphatic carbocycles. The van der Waals surface area contributed by atoms with Crippen molar-refractivity contribution in [2.24, 2.45) is 10.4 Å². The number of hydrogen-bond acceptors (Lipinski definition) is 2. The van der Waals surface area contributed by atoms with Crippen LogP contribution in [-0.4, -0.2) is 45.1 Å². The maximum Gasteiger partial charge on any atom is 0.191 e. The highest BCUT2D eigenvalue weighted by Gasteiger charge is 2.19. The number of benzene rings is 1. The first kappa shape index (κ1) is 21.5. The highest BCUT2D eigenvalue weighted by Crippen LogP contribution is 2.14. The van der Waals surface area contributed by atoms with Gasteiger partial charge >= 0.3 is 0 Å². The molecular weight excluding hydrogens is 411 g/mol. The van der Waals surface area contributed by atoms with Crippen molar-refractivity contribution in [2.45, 2.75) is 20.4 Å². The first-order valence-electron chi connectivity index (χ1n) is 7.16. The smallest absolute Gasteiger partial charge is 0.191 e. The fourth-order valence-corrected chi connectivity index (χ4v) is 2.50. The van der Waals surface area contributed by atoms with Crippen LogP contribution in [0.5, 0.6) is 0 Å². The molecule has 0 bridgehead atoms. The lowest BCUT2D eigenvalue weighted by atomic mass is 9.93. The molecule has 0 aliphatic heterocycles. The maximum absolute atomic E-state index is 5.99. The summed E-state index contributed by atoms with van der Waals surface area (Å²) in [6.07, 6.45) is 0. The minimum absolute atomic E-state index is 0. The van der Waals surface area contributed by atoms with Crippen molar-refractivity contribution in [1.29, 1.82) is 0 Å². The Kier molecular flexibility index (Phi) is 10.0. The van der Waals surface area contributed by atoms with E-state index in [2.05, 4.69) is 48.5 Å². The second kappa shape index (κ2) is 10.3. The Morgan fingerprint density at radius 2 is 1.95 bits per heavy atom. The van der Waals surface area contributed by atoms with Crippen molar-refractivity contribution in [3.8, 4) is 0 Å². The molecule has 0 fully saturated rings. The Morgan fingerprint density at radius 1 is 1.27 bits per heavy atom. The van der Waals surface area contributed by atoms with E-state index in [-0.39, 0.29) is 29.4 Å². The first-order valence-corrected chi connectivity index (χ1v) is 7.54. The molecular formula is C16H28ClIN4. The van der Waals surface area contributed by atoms with Gasteiger partial charge in [0.1, 0.15) is 0 Å². The van der Waals surface area contributed by atoms with E-state index in [9.17, 15) is 0 Å². The Labute approximate surface area is 156 Å². The minimum atomic E-state index is 0. The van der Waals surface area contributed by atoms with Gasteiger partial charge in [-0.2, -0.15) is 0 Å². The van der Waals surface area contributed by atoms with Crippen LogP contribution in [0.1, 0.15) is 19.4 Å². The van der Waals surface area contributed by atoms with E-state index in [1.807, 2.05) is 24.3 Å². The summed E-state index contributed by atoms with van der Waals surface area (Å²) in [5.74, 6) is 0.807. The summed E-state index contributed by atoms with van der Waals surface area (Å²) in [5, 5.41) is 7.44. The summed E-state index contributed by atoms with van der Waals surface area (Å²) in [5.41, 5.74) is 1.31. The Bertz CT molecular complexity index is 475. The molecule has 0 aliphatic rings. The zero-order chi connectivity index (χ0) is 15.9.